The molecule has 6 nitrogen and oxygen atoms in total. The predicted molar refractivity (Wildman–Crippen MR) is 108 cm³/mol. The minimum Gasteiger partial charge on any atom is -0.492 e. The van der Waals surface area contributed by atoms with Gasteiger partial charge in [0.05, 0.1) is 17.1 Å². The first-order chi connectivity index (χ1) is 14.3. The number of hydrogen-bond acceptors (Lipinski definition) is 4. The lowest BCUT2D eigenvalue weighted by atomic mass is 10.2. The van der Waals surface area contributed by atoms with Crippen LogP contribution in [0, 0.1) is 11.6 Å². The van der Waals surface area contributed by atoms with E-state index in [1.165, 1.54) is 66.7 Å². The van der Waals surface area contributed by atoms with Crippen LogP contribution in [0.25, 0.3) is 0 Å². The maximum Gasteiger partial charge on any atom is 0.261 e. The third-order valence-corrected chi connectivity index (χ3v) is 5.40. The Morgan fingerprint density at radius 1 is 0.900 bits per heavy atom. The molecule has 30 heavy (non-hydrogen) atoms. The van der Waals surface area contributed by atoms with Crippen LogP contribution in [0.15, 0.2) is 77.7 Å². The molecule has 0 radical (unpaired) electrons. The van der Waals surface area contributed by atoms with E-state index in [4.69, 9.17) is 4.74 Å². The molecule has 3 aromatic carbocycles. The van der Waals surface area contributed by atoms with Gasteiger partial charge in [-0.25, -0.2) is 17.2 Å². The zero-order chi connectivity index (χ0) is 21.6. The molecule has 0 spiro atoms. The van der Waals surface area contributed by atoms with Gasteiger partial charge in [-0.2, -0.15) is 0 Å². The summed E-state index contributed by atoms with van der Waals surface area (Å²) >= 11 is 0. The Hall–Kier alpha value is -3.46. The molecule has 0 bridgehead atoms. The van der Waals surface area contributed by atoms with Gasteiger partial charge in [0.15, 0.2) is 0 Å². The molecule has 1 amide bonds. The highest BCUT2D eigenvalue weighted by atomic mass is 32.2. The van der Waals surface area contributed by atoms with Gasteiger partial charge in [0, 0.05) is 5.56 Å². The first-order valence-electron chi connectivity index (χ1n) is 8.89. The maximum absolute atomic E-state index is 13.7. The van der Waals surface area contributed by atoms with Crippen molar-refractivity contribution in [3.63, 3.8) is 0 Å². The summed E-state index contributed by atoms with van der Waals surface area (Å²) in [6.07, 6.45) is 0. The highest BCUT2D eigenvalue weighted by Gasteiger charge is 2.17. The maximum atomic E-state index is 13.7. The molecule has 3 aromatic rings. The van der Waals surface area contributed by atoms with Crippen LogP contribution in [0.4, 0.5) is 14.5 Å². The van der Waals surface area contributed by atoms with Crippen molar-refractivity contribution in [1.82, 2.24) is 5.32 Å². The summed E-state index contributed by atoms with van der Waals surface area (Å²) < 4.78 is 58.8. The van der Waals surface area contributed by atoms with Crippen LogP contribution in [-0.2, 0) is 10.0 Å². The monoisotopic (exact) mass is 432 g/mol. The summed E-state index contributed by atoms with van der Waals surface area (Å²) in [5, 5.41) is 2.63. The number of para-hydroxylation sites is 1. The molecule has 0 aliphatic rings. The molecule has 156 valence electrons. The number of ether oxygens (including phenoxy) is 1. The average Bonchev–Trinajstić information content (AvgIpc) is 2.74. The minimum atomic E-state index is -4.00. The van der Waals surface area contributed by atoms with Crippen LogP contribution in [-0.4, -0.2) is 27.5 Å². The summed E-state index contributed by atoms with van der Waals surface area (Å²) in [6, 6.07) is 16.1. The number of carbonyl (C=O) groups excluding carboxylic acids is 1. The van der Waals surface area contributed by atoms with Crippen LogP contribution >= 0.6 is 0 Å². The summed E-state index contributed by atoms with van der Waals surface area (Å²) in [5.74, 6) is -1.00. The number of benzene rings is 3. The smallest absolute Gasteiger partial charge is 0.261 e. The van der Waals surface area contributed by atoms with E-state index in [1.807, 2.05) is 0 Å². The number of hydrogen-bond donors (Lipinski definition) is 2. The van der Waals surface area contributed by atoms with Gasteiger partial charge in [-0.3, -0.25) is 9.52 Å². The number of sulfonamides is 1. The fourth-order valence-corrected chi connectivity index (χ4v) is 3.57. The SMILES string of the molecule is O=C(NCCOc1ccc(F)cc1)c1ccc(S(=O)(=O)Nc2ccccc2F)cc1. The second-order valence-electron chi connectivity index (χ2n) is 6.17. The van der Waals surface area contributed by atoms with Crippen molar-refractivity contribution < 1.29 is 26.7 Å². The molecule has 0 saturated carbocycles. The van der Waals surface area contributed by atoms with Crippen molar-refractivity contribution in [2.24, 2.45) is 0 Å². The Morgan fingerprint density at radius 2 is 1.57 bits per heavy atom. The quantitative estimate of drug-likeness (QED) is 0.533. The van der Waals surface area contributed by atoms with Crippen LogP contribution < -0.4 is 14.8 Å². The normalized spacial score (nSPS) is 11.0. The molecule has 2 N–H and O–H groups in total. The Bertz CT molecular complexity index is 1120. The van der Waals surface area contributed by atoms with E-state index in [9.17, 15) is 22.0 Å². The highest BCUT2D eigenvalue weighted by molar-refractivity contribution is 7.92. The first kappa shape index (κ1) is 21.3. The Balaban J connectivity index is 1.54. The van der Waals surface area contributed by atoms with Crippen LogP contribution in [0.5, 0.6) is 5.75 Å². The van der Waals surface area contributed by atoms with Crippen molar-refractivity contribution in [2.75, 3.05) is 17.9 Å². The van der Waals surface area contributed by atoms with Gasteiger partial charge in [-0.05, 0) is 60.7 Å². The second kappa shape index (κ2) is 9.36. The molecule has 0 aromatic heterocycles. The molecule has 0 aliphatic heterocycles. The van der Waals surface area contributed by atoms with E-state index in [0.717, 1.165) is 6.07 Å². The van der Waals surface area contributed by atoms with Gasteiger partial charge in [-0.1, -0.05) is 12.1 Å². The molecule has 0 saturated heterocycles. The topological polar surface area (TPSA) is 84.5 Å². The lowest BCUT2D eigenvalue weighted by Gasteiger charge is -2.10. The van der Waals surface area contributed by atoms with E-state index < -0.39 is 21.7 Å². The Labute approximate surface area is 172 Å². The van der Waals surface area contributed by atoms with E-state index in [-0.39, 0.29) is 35.1 Å². The van der Waals surface area contributed by atoms with Gasteiger partial charge in [0.2, 0.25) is 0 Å². The zero-order valence-corrected chi connectivity index (χ0v) is 16.5. The molecule has 9 heteroatoms. The molecule has 0 atom stereocenters. The summed E-state index contributed by atoms with van der Waals surface area (Å²) in [5.41, 5.74) is 0.0853. The average molecular weight is 432 g/mol. The number of anilines is 1. The lowest BCUT2D eigenvalue weighted by molar-refractivity contribution is 0.0947. The summed E-state index contributed by atoms with van der Waals surface area (Å²) in [7, 11) is -4.00. The molecular formula is C21H18F2N2O4S. The van der Waals surface area contributed by atoms with Crippen LogP contribution in [0.2, 0.25) is 0 Å². The van der Waals surface area contributed by atoms with Gasteiger partial charge < -0.3 is 10.1 Å². The molecule has 0 heterocycles. The fourth-order valence-electron chi connectivity index (χ4n) is 2.50. The fraction of sp³-hybridized carbons (Fsp3) is 0.0952. The first-order valence-corrected chi connectivity index (χ1v) is 10.4. The molecule has 0 aliphatic carbocycles. The number of amides is 1. The van der Waals surface area contributed by atoms with Crippen molar-refractivity contribution in [3.8, 4) is 5.75 Å². The largest absolute Gasteiger partial charge is 0.492 e. The zero-order valence-electron chi connectivity index (χ0n) is 15.6. The third-order valence-electron chi connectivity index (χ3n) is 4.01. The minimum absolute atomic E-state index is 0.109. The van der Waals surface area contributed by atoms with E-state index in [1.54, 1.807) is 0 Å². The van der Waals surface area contributed by atoms with Crippen molar-refractivity contribution in [1.29, 1.82) is 0 Å². The van der Waals surface area contributed by atoms with E-state index in [2.05, 4.69) is 10.0 Å². The van der Waals surface area contributed by atoms with Gasteiger partial charge in [0.25, 0.3) is 15.9 Å². The second-order valence-corrected chi connectivity index (χ2v) is 7.85. The van der Waals surface area contributed by atoms with Gasteiger partial charge >= 0.3 is 0 Å². The van der Waals surface area contributed by atoms with E-state index >= 15 is 0 Å². The third kappa shape index (κ3) is 5.54. The molecule has 3 rings (SSSR count). The highest BCUT2D eigenvalue weighted by Crippen LogP contribution is 2.19. The van der Waals surface area contributed by atoms with Crippen LogP contribution in [0.3, 0.4) is 0 Å². The van der Waals surface area contributed by atoms with E-state index in [0.29, 0.717) is 5.75 Å². The van der Waals surface area contributed by atoms with Gasteiger partial charge in [-0.15, -0.1) is 0 Å². The van der Waals surface area contributed by atoms with Crippen molar-refractivity contribution in [2.45, 2.75) is 4.90 Å². The summed E-state index contributed by atoms with van der Waals surface area (Å²) in [6.45, 7) is 0.376. The van der Waals surface area contributed by atoms with Gasteiger partial charge in [0.1, 0.15) is 24.0 Å². The number of halogens is 2. The number of nitrogens with one attached hydrogen (secondary N) is 2. The van der Waals surface area contributed by atoms with Crippen molar-refractivity contribution >= 4 is 21.6 Å². The Kier molecular flexibility index (Phi) is 6.63. The van der Waals surface area contributed by atoms with Crippen molar-refractivity contribution in [3.05, 3.63) is 90.0 Å². The molecule has 0 fully saturated rings. The lowest BCUT2D eigenvalue weighted by Crippen LogP contribution is -2.28. The molecular weight excluding hydrogens is 414 g/mol. The summed E-state index contributed by atoms with van der Waals surface area (Å²) in [4.78, 5) is 12.1. The number of rotatable bonds is 8. The van der Waals surface area contributed by atoms with Crippen LogP contribution in [0.1, 0.15) is 10.4 Å². The number of carbonyl (C=O) groups is 1. The molecule has 0 unspecified atom stereocenters. The predicted octanol–water partition coefficient (Wildman–Crippen LogP) is 3.57. The Morgan fingerprint density at radius 3 is 2.23 bits per heavy atom. The standard InChI is InChI=1S/C21H18F2N2O4S/c22-16-7-9-17(10-8-16)29-14-13-24-21(26)15-5-11-18(12-6-15)30(27,28)25-20-4-2-1-3-19(20)23/h1-12,25H,13-14H2,(H,24,26).